The smallest absolute Gasteiger partial charge is 0.352 e. The second-order valence-electron chi connectivity index (χ2n) is 6.16. The summed E-state index contributed by atoms with van der Waals surface area (Å²) in [6.45, 7) is 4.38. The van der Waals surface area contributed by atoms with Crippen molar-refractivity contribution >= 4 is 29.3 Å². The first-order chi connectivity index (χ1) is 13.1. The van der Waals surface area contributed by atoms with Crippen molar-refractivity contribution in [2.75, 3.05) is 23.5 Å². The summed E-state index contributed by atoms with van der Waals surface area (Å²) in [5.74, 6) is 3.07. The number of nitrogen functional groups attached to an aromatic ring is 1. The van der Waals surface area contributed by atoms with Crippen LogP contribution in [-0.4, -0.2) is 39.0 Å². The van der Waals surface area contributed by atoms with E-state index in [1.165, 1.54) is 0 Å². The molecule has 0 aliphatic heterocycles. The number of thioether (sulfide) groups is 1. The van der Waals surface area contributed by atoms with E-state index in [4.69, 9.17) is 5.84 Å². The van der Waals surface area contributed by atoms with Crippen LogP contribution >= 0.6 is 11.8 Å². The van der Waals surface area contributed by atoms with E-state index in [9.17, 15) is 22.8 Å². The number of para-hydroxylation sites is 1. The highest BCUT2D eigenvalue weighted by atomic mass is 32.2. The Hall–Kier alpha value is -2.76. The molecule has 0 spiro atoms. The predicted octanol–water partition coefficient (Wildman–Crippen LogP) is 2.13. The number of aromatic nitrogens is 3. The summed E-state index contributed by atoms with van der Waals surface area (Å²) < 4.78 is 38.2. The zero-order chi connectivity index (χ0) is 20.9. The number of alkyl halides is 3. The van der Waals surface area contributed by atoms with Gasteiger partial charge in [-0.05, 0) is 18.1 Å². The quantitative estimate of drug-likeness (QED) is 0.471. The molecule has 2 aromatic rings. The molecule has 0 aliphatic carbocycles. The third-order valence-electron chi connectivity index (χ3n) is 3.37. The number of benzene rings is 1. The van der Waals surface area contributed by atoms with Gasteiger partial charge in [-0.2, -0.15) is 13.2 Å². The van der Waals surface area contributed by atoms with Crippen LogP contribution in [0.3, 0.4) is 0 Å². The van der Waals surface area contributed by atoms with Gasteiger partial charge in [-0.25, -0.2) is 4.68 Å². The van der Waals surface area contributed by atoms with Crippen molar-refractivity contribution < 1.29 is 22.8 Å². The summed E-state index contributed by atoms with van der Waals surface area (Å²) in [5, 5.41) is 11.4. The van der Waals surface area contributed by atoms with Gasteiger partial charge in [-0.1, -0.05) is 37.7 Å². The van der Waals surface area contributed by atoms with Crippen LogP contribution in [0.1, 0.15) is 30.0 Å². The maximum absolute atomic E-state index is 12.7. The number of carbonyl (C=O) groups is 2. The van der Waals surface area contributed by atoms with Crippen molar-refractivity contribution in [1.29, 1.82) is 0 Å². The minimum atomic E-state index is -4.74. The molecule has 28 heavy (non-hydrogen) atoms. The van der Waals surface area contributed by atoms with Crippen LogP contribution in [0.2, 0.25) is 0 Å². The molecule has 0 fully saturated rings. The highest BCUT2D eigenvalue weighted by Crippen LogP contribution is 2.28. The number of hydrogen-bond acceptors (Lipinski definition) is 6. The average molecular weight is 416 g/mol. The van der Waals surface area contributed by atoms with Crippen molar-refractivity contribution in [2.45, 2.75) is 25.2 Å². The summed E-state index contributed by atoms with van der Waals surface area (Å²) in [4.78, 5) is 24.4. The summed E-state index contributed by atoms with van der Waals surface area (Å²) in [6.07, 6.45) is -4.74. The first-order valence-electron chi connectivity index (χ1n) is 8.17. The van der Waals surface area contributed by atoms with Gasteiger partial charge in [0.15, 0.2) is 0 Å². The number of nitrogens with one attached hydrogen (secondary N) is 2. The Balaban J connectivity index is 2.01. The third kappa shape index (κ3) is 5.62. The van der Waals surface area contributed by atoms with E-state index in [0.717, 1.165) is 0 Å². The summed E-state index contributed by atoms with van der Waals surface area (Å²) in [5.41, 5.74) is 0.572. The monoisotopic (exact) mass is 416 g/mol. The van der Waals surface area contributed by atoms with E-state index in [0.29, 0.717) is 24.0 Å². The minimum absolute atomic E-state index is 0.259. The first-order valence-corrected chi connectivity index (χ1v) is 9.15. The van der Waals surface area contributed by atoms with Gasteiger partial charge in [-0.15, -0.1) is 10.2 Å². The van der Waals surface area contributed by atoms with Crippen LogP contribution < -0.4 is 16.5 Å². The maximum atomic E-state index is 12.7. The van der Waals surface area contributed by atoms with E-state index < -0.39 is 17.9 Å². The molecule has 1 aromatic carbocycles. The topological polar surface area (TPSA) is 115 Å². The number of anilines is 1. The predicted molar refractivity (Wildman–Crippen MR) is 98.1 cm³/mol. The molecule has 0 unspecified atom stereocenters. The van der Waals surface area contributed by atoms with Crippen LogP contribution in [-0.2, 0) is 11.0 Å². The normalized spacial score (nSPS) is 11.5. The SMILES string of the molecule is CC(C)CNC(=O)c1ccccc1NC(=O)CSc1nnc(C(F)(F)F)n1N. The number of halogens is 3. The van der Waals surface area contributed by atoms with Crippen LogP contribution in [0.15, 0.2) is 29.4 Å². The molecule has 2 amide bonds. The standard InChI is InChI=1S/C16H19F3N6O2S/c1-9(2)7-21-13(27)10-5-3-4-6-11(10)22-12(26)8-28-15-24-23-14(25(15)20)16(17,18)19/h3-6,9H,7-8,20H2,1-2H3,(H,21,27)(H,22,26). The molecule has 2 rings (SSSR count). The lowest BCUT2D eigenvalue weighted by Gasteiger charge is -2.12. The van der Waals surface area contributed by atoms with E-state index in [-0.39, 0.29) is 33.0 Å². The molecule has 0 atom stereocenters. The zero-order valence-corrected chi connectivity index (χ0v) is 15.9. The van der Waals surface area contributed by atoms with Crippen molar-refractivity contribution in [3.05, 3.63) is 35.7 Å². The van der Waals surface area contributed by atoms with Crippen LogP contribution in [0.5, 0.6) is 0 Å². The number of carbonyl (C=O) groups excluding carboxylic acids is 2. The number of nitrogens with zero attached hydrogens (tertiary/aromatic N) is 3. The number of amides is 2. The van der Waals surface area contributed by atoms with Crippen LogP contribution in [0.4, 0.5) is 18.9 Å². The molecule has 0 saturated heterocycles. The molecule has 0 radical (unpaired) electrons. The fourth-order valence-electron chi connectivity index (χ4n) is 2.07. The van der Waals surface area contributed by atoms with Crippen molar-refractivity contribution in [3.63, 3.8) is 0 Å². The van der Waals surface area contributed by atoms with Crippen LogP contribution in [0.25, 0.3) is 0 Å². The van der Waals surface area contributed by atoms with Gasteiger partial charge < -0.3 is 16.5 Å². The number of hydrogen-bond donors (Lipinski definition) is 3. The fourth-order valence-corrected chi connectivity index (χ4v) is 2.72. The molecular formula is C16H19F3N6O2S. The summed E-state index contributed by atoms with van der Waals surface area (Å²) in [7, 11) is 0. The fraction of sp³-hybridized carbons (Fsp3) is 0.375. The molecule has 1 aromatic heterocycles. The molecule has 12 heteroatoms. The molecule has 4 N–H and O–H groups in total. The molecule has 0 aliphatic rings. The largest absolute Gasteiger partial charge is 0.453 e. The Morgan fingerprint density at radius 1 is 1.25 bits per heavy atom. The van der Waals surface area contributed by atoms with Gasteiger partial charge in [0.25, 0.3) is 11.7 Å². The van der Waals surface area contributed by atoms with Gasteiger partial charge >= 0.3 is 6.18 Å². The molecule has 0 bridgehead atoms. The second-order valence-corrected chi connectivity index (χ2v) is 7.10. The molecule has 152 valence electrons. The van der Waals surface area contributed by atoms with Gasteiger partial charge in [-0.3, -0.25) is 9.59 Å². The van der Waals surface area contributed by atoms with Gasteiger partial charge in [0.05, 0.1) is 17.0 Å². The number of nitrogens with two attached hydrogens (primary N) is 1. The highest BCUT2D eigenvalue weighted by molar-refractivity contribution is 7.99. The lowest BCUT2D eigenvalue weighted by atomic mass is 10.1. The lowest BCUT2D eigenvalue weighted by molar-refractivity contribution is -0.146. The van der Waals surface area contributed by atoms with E-state index in [1.54, 1.807) is 24.3 Å². The van der Waals surface area contributed by atoms with Crippen LogP contribution in [0, 0.1) is 5.92 Å². The van der Waals surface area contributed by atoms with Gasteiger partial charge in [0, 0.05) is 6.54 Å². The van der Waals surface area contributed by atoms with Gasteiger partial charge in [0.2, 0.25) is 11.1 Å². The van der Waals surface area contributed by atoms with E-state index in [1.807, 2.05) is 13.8 Å². The molecule has 0 saturated carbocycles. The maximum Gasteiger partial charge on any atom is 0.453 e. The molecule has 1 heterocycles. The molecule has 8 nitrogen and oxygen atoms in total. The Kier molecular flexibility index (Phi) is 6.89. The average Bonchev–Trinajstić information content (AvgIpc) is 2.99. The Labute approximate surface area is 163 Å². The van der Waals surface area contributed by atoms with Crippen molar-refractivity contribution in [3.8, 4) is 0 Å². The number of rotatable bonds is 7. The van der Waals surface area contributed by atoms with Crippen molar-refractivity contribution in [1.82, 2.24) is 20.2 Å². The third-order valence-corrected chi connectivity index (χ3v) is 4.31. The summed E-state index contributed by atoms with van der Waals surface area (Å²) in [6, 6.07) is 6.42. The second kappa shape index (κ2) is 8.95. The lowest BCUT2D eigenvalue weighted by Crippen LogP contribution is -2.28. The first kappa shape index (κ1) is 21.5. The van der Waals surface area contributed by atoms with Crippen molar-refractivity contribution in [2.24, 2.45) is 5.92 Å². The van der Waals surface area contributed by atoms with E-state index >= 15 is 0 Å². The Morgan fingerprint density at radius 3 is 2.54 bits per heavy atom. The van der Waals surface area contributed by atoms with Gasteiger partial charge in [0.1, 0.15) is 0 Å². The minimum Gasteiger partial charge on any atom is -0.352 e. The molecular weight excluding hydrogens is 397 g/mol. The Morgan fingerprint density at radius 2 is 1.93 bits per heavy atom. The Bertz CT molecular complexity index is 853. The van der Waals surface area contributed by atoms with E-state index in [2.05, 4.69) is 20.8 Å². The highest BCUT2D eigenvalue weighted by Gasteiger charge is 2.38. The summed E-state index contributed by atoms with van der Waals surface area (Å²) >= 11 is 0.692. The zero-order valence-electron chi connectivity index (χ0n) is 15.1.